The lowest BCUT2D eigenvalue weighted by Gasteiger charge is -2.08. The smallest absolute Gasteiger partial charge is 0.335 e. The van der Waals surface area contributed by atoms with Crippen molar-refractivity contribution < 1.29 is 14.7 Å². The quantitative estimate of drug-likeness (QED) is 0.806. The fourth-order valence-electron chi connectivity index (χ4n) is 2.74. The minimum absolute atomic E-state index is 0.101. The van der Waals surface area contributed by atoms with Gasteiger partial charge in [-0.25, -0.2) is 9.78 Å². The van der Waals surface area contributed by atoms with Crippen molar-refractivity contribution in [3.63, 3.8) is 0 Å². The molecule has 0 fully saturated rings. The van der Waals surface area contributed by atoms with E-state index in [1.807, 2.05) is 17.7 Å². The van der Waals surface area contributed by atoms with Gasteiger partial charge in [-0.3, -0.25) is 9.36 Å². The molecular weight excluding hydrogens is 282 g/mol. The molecule has 0 unspecified atom stereocenters. The van der Waals surface area contributed by atoms with Crippen LogP contribution in [0, 0.1) is 6.92 Å². The number of aromatic nitrogens is 3. The highest BCUT2D eigenvalue weighted by Gasteiger charge is 2.18. The van der Waals surface area contributed by atoms with E-state index in [0.717, 1.165) is 22.2 Å². The second-order valence-electron chi connectivity index (χ2n) is 5.20. The first-order valence-electron chi connectivity index (χ1n) is 6.83. The molecule has 0 atom stereocenters. The number of carboxylic acids is 1. The number of rotatable bonds is 3. The molecule has 6 heteroatoms. The molecular formula is C16H15N3O3. The predicted octanol–water partition coefficient (Wildman–Crippen LogP) is 2.55. The number of nitrogens with zero attached hydrogens (tertiary/aromatic N) is 3. The predicted molar refractivity (Wildman–Crippen MR) is 81.3 cm³/mol. The summed E-state index contributed by atoms with van der Waals surface area (Å²) in [4.78, 5) is 27.2. The van der Waals surface area contributed by atoms with Gasteiger partial charge < -0.3 is 9.67 Å². The summed E-state index contributed by atoms with van der Waals surface area (Å²) in [6, 6.07) is 4.82. The molecule has 0 saturated heterocycles. The van der Waals surface area contributed by atoms with E-state index in [4.69, 9.17) is 5.11 Å². The zero-order valence-corrected chi connectivity index (χ0v) is 12.3. The molecule has 0 aliphatic heterocycles. The third-order valence-electron chi connectivity index (χ3n) is 3.80. The molecule has 1 aromatic carbocycles. The fraction of sp³-hybridized carbons (Fsp3) is 0.188. The van der Waals surface area contributed by atoms with E-state index in [1.54, 1.807) is 29.2 Å². The standard InChI is InChI=1S/C16H15N3O3/c1-10-13-7-12(16(21)22)3-4-14(13)19(11(2)20)15(10)8-18-6-5-17-9-18/h3-7,9H,8H2,1-2H3,(H,21,22). The van der Waals surface area contributed by atoms with E-state index in [1.165, 1.54) is 13.0 Å². The van der Waals surface area contributed by atoms with Crippen LogP contribution in [0.3, 0.4) is 0 Å². The topological polar surface area (TPSA) is 77.1 Å². The number of carboxylic acid groups (broad SMARTS) is 1. The van der Waals surface area contributed by atoms with Crippen LogP contribution in [0.4, 0.5) is 0 Å². The number of carbonyl (C=O) groups is 2. The van der Waals surface area contributed by atoms with Crippen molar-refractivity contribution in [3.05, 3.63) is 53.7 Å². The van der Waals surface area contributed by atoms with E-state index >= 15 is 0 Å². The van der Waals surface area contributed by atoms with Crippen LogP contribution in [0.5, 0.6) is 0 Å². The molecule has 0 bridgehead atoms. The first kappa shape index (κ1) is 14.1. The van der Waals surface area contributed by atoms with Gasteiger partial charge in [0, 0.05) is 30.4 Å². The van der Waals surface area contributed by atoms with E-state index in [9.17, 15) is 9.59 Å². The average Bonchev–Trinajstić information content (AvgIpc) is 3.07. The first-order valence-corrected chi connectivity index (χ1v) is 6.83. The molecule has 2 heterocycles. The van der Waals surface area contributed by atoms with Gasteiger partial charge in [-0.1, -0.05) is 0 Å². The van der Waals surface area contributed by atoms with Crippen molar-refractivity contribution in [2.45, 2.75) is 20.4 Å². The molecule has 0 saturated carbocycles. The highest BCUT2D eigenvalue weighted by atomic mass is 16.4. The van der Waals surface area contributed by atoms with Gasteiger partial charge in [0.25, 0.3) is 0 Å². The zero-order chi connectivity index (χ0) is 15.9. The van der Waals surface area contributed by atoms with Crippen molar-refractivity contribution in [2.75, 3.05) is 0 Å². The molecule has 0 aliphatic rings. The number of imidazole rings is 1. The summed E-state index contributed by atoms with van der Waals surface area (Å²) in [6.45, 7) is 3.91. The third-order valence-corrected chi connectivity index (χ3v) is 3.80. The molecule has 3 aromatic rings. The van der Waals surface area contributed by atoms with Crippen LogP contribution in [0.2, 0.25) is 0 Å². The lowest BCUT2D eigenvalue weighted by atomic mass is 10.1. The molecule has 0 spiro atoms. The molecule has 1 N–H and O–H groups in total. The minimum Gasteiger partial charge on any atom is -0.478 e. The number of aryl methyl sites for hydroxylation is 1. The van der Waals surface area contributed by atoms with Gasteiger partial charge in [-0.2, -0.15) is 0 Å². The highest BCUT2D eigenvalue weighted by molar-refractivity contribution is 5.99. The summed E-state index contributed by atoms with van der Waals surface area (Å²) in [5, 5.41) is 9.92. The minimum atomic E-state index is -0.979. The third kappa shape index (κ3) is 2.18. The lowest BCUT2D eigenvalue weighted by molar-refractivity contribution is 0.0697. The van der Waals surface area contributed by atoms with Gasteiger partial charge in [0.15, 0.2) is 0 Å². The maximum atomic E-state index is 12.1. The number of carbonyl (C=O) groups excluding carboxylic acids is 1. The van der Waals surface area contributed by atoms with Gasteiger partial charge in [0.1, 0.15) is 0 Å². The molecule has 6 nitrogen and oxygen atoms in total. The fourth-order valence-corrected chi connectivity index (χ4v) is 2.74. The normalized spacial score (nSPS) is 11.0. The van der Waals surface area contributed by atoms with Gasteiger partial charge >= 0.3 is 5.97 Å². The number of aromatic carboxylic acids is 1. The van der Waals surface area contributed by atoms with Gasteiger partial charge in [0.05, 0.1) is 24.0 Å². The van der Waals surface area contributed by atoms with Crippen LogP contribution in [-0.4, -0.2) is 31.1 Å². The number of benzene rings is 1. The second kappa shape index (κ2) is 5.14. The molecule has 0 amide bonds. The molecule has 112 valence electrons. The van der Waals surface area contributed by atoms with Gasteiger partial charge in [-0.15, -0.1) is 0 Å². The number of fused-ring (bicyclic) bond motifs is 1. The van der Waals surface area contributed by atoms with Gasteiger partial charge in [-0.05, 0) is 30.7 Å². The summed E-state index contributed by atoms with van der Waals surface area (Å²) in [6.07, 6.45) is 5.19. The lowest BCUT2D eigenvalue weighted by Crippen LogP contribution is -2.12. The largest absolute Gasteiger partial charge is 0.478 e. The Morgan fingerprint density at radius 3 is 2.68 bits per heavy atom. The zero-order valence-electron chi connectivity index (χ0n) is 12.3. The number of hydrogen-bond acceptors (Lipinski definition) is 3. The summed E-state index contributed by atoms with van der Waals surface area (Å²) < 4.78 is 3.51. The molecule has 0 aliphatic carbocycles. The summed E-state index contributed by atoms with van der Waals surface area (Å²) >= 11 is 0. The average molecular weight is 297 g/mol. The van der Waals surface area contributed by atoms with Crippen LogP contribution >= 0.6 is 0 Å². The Morgan fingerprint density at radius 2 is 2.09 bits per heavy atom. The Balaban J connectivity index is 2.25. The van der Waals surface area contributed by atoms with E-state index in [2.05, 4.69) is 4.98 Å². The van der Waals surface area contributed by atoms with Crippen molar-refractivity contribution in [2.24, 2.45) is 0 Å². The summed E-state index contributed by atoms with van der Waals surface area (Å²) in [7, 11) is 0. The van der Waals surface area contributed by atoms with Crippen molar-refractivity contribution in [1.29, 1.82) is 0 Å². The van der Waals surface area contributed by atoms with Crippen LogP contribution in [0.15, 0.2) is 36.9 Å². The highest BCUT2D eigenvalue weighted by Crippen LogP contribution is 2.27. The maximum absolute atomic E-state index is 12.1. The van der Waals surface area contributed by atoms with Crippen LogP contribution < -0.4 is 0 Å². The van der Waals surface area contributed by atoms with Crippen molar-refractivity contribution in [1.82, 2.24) is 14.1 Å². The SMILES string of the molecule is CC(=O)n1c(Cn2ccnc2)c(C)c2cc(C(=O)O)ccc21. The van der Waals surface area contributed by atoms with E-state index in [-0.39, 0.29) is 11.5 Å². The van der Waals surface area contributed by atoms with Crippen molar-refractivity contribution in [3.8, 4) is 0 Å². The monoisotopic (exact) mass is 297 g/mol. The van der Waals surface area contributed by atoms with Crippen LogP contribution in [0.25, 0.3) is 10.9 Å². The van der Waals surface area contributed by atoms with Crippen LogP contribution in [0.1, 0.15) is 33.3 Å². The number of hydrogen-bond donors (Lipinski definition) is 1. The Hall–Kier alpha value is -2.89. The maximum Gasteiger partial charge on any atom is 0.335 e. The van der Waals surface area contributed by atoms with E-state index in [0.29, 0.717) is 6.54 Å². The molecule has 2 aromatic heterocycles. The Bertz CT molecular complexity index is 876. The van der Waals surface area contributed by atoms with Crippen LogP contribution in [-0.2, 0) is 6.54 Å². The molecule has 22 heavy (non-hydrogen) atoms. The Labute approximate surface area is 126 Å². The van der Waals surface area contributed by atoms with Gasteiger partial charge in [0.2, 0.25) is 5.91 Å². The first-order chi connectivity index (χ1) is 10.5. The molecule has 0 radical (unpaired) electrons. The summed E-state index contributed by atoms with van der Waals surface area (Å²) in [5.41, 5.74) is 2.68. The van der Waals surface area contributed by atoms with E-state index < -0.39 is 5.97 Å². The Morgan fingerprint density at radius 1 is 1.32 bits per heavy atom. The second-order valence-corrected chi connectivity index (χ2v) is 5.20. The molecule has 3 rings (SSSR count). The Kier molecular flexibility index (Phi) is 3.29. The van der Waals surface area contributed by atoms with Crippen molar-refractivity contribution >= 4 is 22.8 Å². The summed E-state index contributed by atoms with van der Waals surface area (Å²) in [5.74, 6) is -1.08.